The van der Waals surface area contributed by atoms with E-state index in [0.717, 1.165) is 38.5 Å². The number of aliphatic hydroxyl groups excluding tert-OH is 5. The van der Waals surface area contributed by atoms with Gasteiger partial charge in [0.25, 0.3) is 0 Å². The molecule has 8 aliphatic rings. The van der Waals surface area contributed by atoms with Crippen LogP contribution >= 0.6 is 0 Å². The summed E-state index contributed by atoms with van der Waals surface area (Å²) in [5.41, 5.74) is -0.381. The zero-order valence-corrected chi connectivity index (χ0v) is 40.9. The number of ketones is 1. The predicted molar refractivity (Wildman–Crippen MR) is 243 cm³/mol. The van der Waals surface area contributed by atoms with Gasteiger partial charge in [-0.25, -0.2) is 9.59 Å². The maximum Gasteiger partial charge on any atom is 0.407 e. The maximum atomic E-state index is 14.7. The number of fused-ring (bicyclic) bond motifs is 7. The van der Waals surface area contributed by atoms with E-state index in [2.05, 4.69) is 38.3 Å². The molecule has 394 valence electrons. The molecule has 2 aromatic heterocycles. The van der Waals surface area contributed by atoms with Gasteiger partial charge in [0.15, 0.2) is 24.5 Å². The maximum absolute atomic E-state index is 14.7. The Morgan fingerprint density at radius 2 is 1.46 bits per heavy atom. The molecule has 2 amide bonds. The van der Waals surface area contributed by atoms with Crippen LogP contribution in [0.25, 0.3) is 0 Å². The molecule has 8 fully saturated rings. The second-order valence-corrected chi connectivity index (χ2v) is 22.3. The highest BCUT2D eigenvalue weighted by Gasteiger charge is 2.71. The fourth-order valence-corrected chi connectivity index (χ4v) is 14.7. The van der Waals surface area contributed by atoms with Gasteiger partial charge in [-0.3, -0.25) is 4.79 Å². The second-order valence-electron chi connectivity index (χ2n) is 22.3. The van der Waals surface area contributed by atoms with E-state index < -0.39 is 92.6 Å². The summed E-state index contributed by atoms with van der Waals surface area (Å²) in [5.74, 6) is 2.45. The molecule has 0 unspecified atom stereocenters. The molecule has 22 atom stereocenters. The first-order valence-corrected chi connectivity index (χ1v) is 25.7. The third kappa shape index (κ3) is 9.46. The van der Waals surface area contributed by atoms with Crippen LogP contribution in [0.1, 0.15) is 97.0 Å². The molecule has 1 spiro atoms. The topological polar surface area (TPSA) is 277 Å². The number of carbonyl (C=O) groups excluding carboxylic acids is 3. The number of Topliss-reactive ketones (excluding diaryl/α,β-unsaturated/α-hetero) is 1. The SMILES string of the molecule is C[C@@H]1CC[C@@]2(OC1)O[C@H]1C[C@H]3[C@@H]4CC[C@H]5C[C@@H](O[C@@H]6O[C@H](CO)[C@@H](O[C@@H]7O[C@H](COC(=O)NCc8ccco8)[C@@H](OC(=O)NCc8ccco8)[C@H](O)[C@H]7O)[C@H](O)[C@H]6O)CC[C@]5(C)[C@H]4C(=O)C[C@]3(C)[C@H]1[C@@H]2C. The van der Waals surface area contributed by atoms with E-state index in [4.69, 9.17) is 46.7 Å². The number of hydrogen-bond donors (Lipinski definition) is 7. The fraction of sp³-hybridized carbons (Fsp3) is 0.784. The predicted octanol–water partition coefficient (Wildman–Crippen LogP) is 3.68. The Hall–Kier alpha value is -3.67. The molecule has 2 aromatic rings. The number of rotatable bonds is 12. The first-order valence-electron chi connectivity index (χ1n) is 25.7. The zero-order valence-electron chi connectivity index (χ0n) is 40.9. The number of carbonyl (C=O) groups is 3. The zero-order chi connectivity index (χ0) is 50.0. The van der Waals surface area contributed by atoms with Crippen LogP contribution in [-0.4, -0.2) is 143 Å². The van der Waals surface area contributed by atoms with Crippen molar-refractivity contribution in [2.45, 2.75) is 178 Å². The highest BCUT2D eigenvalue weighted by molar-refractivity contribution is 5.84. The van der Waals surface area contributed by atoms with Gasteiger partial charge in [0.2, 0.25) is 0 Å². The number of ether oxygens (including phenoxy) is 8. The fourth-order valence-electron chi connectivity index (χ4n) is 14.7. The molecule has 20 nitrogen and oxygen atoms in total. The lowest BCUT2D eigenvalue weighted by molar-refractivity contribution is -0.363. The number of amides is 2. The summed E-state index contributed by atoms with van der Waals surface area (Å²) in [6.07, 6.45) is -8.34. The quantitative estimate of drug-likeness (QED) is 0.149. The molecule has 4 saturated heterocycles. The normalized spacial score (nSPS) is 46.1. The van der Waals surface area contributed by atoms with Crippen molar-refractivity contribution in [3.8, 4) is 0 Å². The Balaban J connectivity index is 0.761. The molecule has 4 aliphatic carbocycles. The summed E-state index contributed by atoms with van der Waals surface area (Å²) in [5, 5.41) is 61.3. The van der Waals surface area contributed by atoms with Crippen molar-refractivity contribution < 1.29 is 86.6 Å². The van der Waals surface area contributed by atoms with Crippen LogP contribution in [0.3, 0.4) is 0 Å². The molecule has 4 saturated carbocycles. The molecule has 20 heteroatoms. The summed E-state index contributed by atoms with van der Waals surface area (Å²) in [6.45, 7) is 8.46. The van der Waals surface area contributed by atoms with Gasteiger partial charge in [-0.1, -0.05) is 27.7 Å². The monoisotopic (exact) mass is 1000 g/mol. The van der Waals surface area contributed by atoms with E-state index in [1.807, 2.05) is 0 Å². The van der Waals surface area contributed by atoms with Gasteiger partial charge in [0.1, 0.15) is 66.6 Å². The van der Waals surface area contributed by atoms with Crippen LogP contribution in [0, 0.1) is 52.3 Å². The summed E-state index contributed by atoms with van der Waals surface area (Å²) < 4.78 is 59.2. The highest BCUT2D eigenvalue weighted by Crippen LogP contribution is 2.70. The molecule has 0 radical (unpaired) electrons. The van der Waals surface area contributed by atoms with Gasteiger partial charge in [0, 0.05) is 24.7 Å². The third-order valence-electron chi connectivity index (χ3n) is 18.2. The Labute approximate surface area is 412 Å². The summed E-state index contributed by atoms with van der Waals surface area (Å²) in [4.78, 5) is 40.2. The van der Waals surface area contributed by atoms with E-state index in [1.54, 1.807) is 24.3 Å². The number of alkyl carbamates (subject to hydrolysis) is 2. The Kier molecular flexibility index (Phi) is 14.5. The van der Waals surface area contributed by atoms with Crippen LogP contribution in [0.5, 0.6) is 0 Å². The van der Waals surface area contributed by atoms with Gasteiger partial charge in [-0.2, -0.15) is 0 Å². The van der Waals surface area contributed by atoms with Gasteiger partial charge in [-0.15, -0.1) is 0 Å². The summed E-state index contributed by atoms with van der Waals surface area (Å²) in [6, 6.07) is 6.54. The molecule has 71 heavy (non-hydrogen) atoms. The number of furan rings is 2. The van der Waals surface area contributed by atoms with Gasteiger partial charge >= 0.3 is 12.2 Å². The Bertz CT molecular complexity index is 2150. The molecule has 7 N–H and O–H groups in total. The molecular weight excluding hydrogens is 929 g/mol. The van der Waals surface area contributed by atoms with Crippen molar-refractivity contribution in [1.29, 1.82) is 0 Å². The van der Waals surface area contributed by atoms with Crippen molar-refractivity contribution in [2.24, 2.45) is 52.3 Å². The van der Waals surface area contributed by atoms with Gasteiger partial charge in [0.05, 0.1) is 51.0 Å². The van der Waals surface area contributed by atoms with Crippen LogP contribution < -0.4 is 10.6 Å². The van der Waals surface area contributed by atoms with Crippen molar-refractivity contribution in [2.75, 3.05) is 19.8 Å². The molecule has 4 aliphatic heterocycles. The molecule has 0 aromatic carbocycles. The van der Waals surface area contributed by atoms with Crippen molar-refractivity contribution in [3.05, 3.63) is 48.3 Å². The lowest BCUT2D eigenvalue weighted by Crippen LogP contribution is -2.65. The van der Waals surface area contributed by atoms with Crippen LogP contribution in [-0.2, 0) is 55.8 Å². The third-order valence-corrected chi connectivity index (χ3v) is 18.2. The van der Waals surface area contributed by atoms with E-state index >= 15 is 0 Å². The minimum absolute atomic E-state index is 0.00902. The molecule has 6 heterocycles. The van der Waals surface area contributed by atoms with Gasteiger partial charge in [-0.05, 0) is 110 Å². The number of hydrogen-bond acceptors (Lipinski definition) is 18. The number of aliphatic hydroxyl groups is 5. The van der Waals surface area contributed by atoms with E-state index in [-0.39, 0.29) is 65.7 Å². The highest BCUT2D eigenvalue weighted by atomic mass is 16.8. The lowest BCUT2D eigenvalue weighted by atomic mass is 9.44. The first-order chi connectivity index (χ1) is 34.0. The van der Waals surface area contributed by atoms with Gasteiger partial charge < -0.3 is 82.9 Å². The van der Waals surface area contributed by atoms with E-state index in [0.29, 0.717) is 55.0 Å². The van der Waals surface area contributed by atoms with Crippen LogP contribution in [0.15, 0.2) is 45.6 Å². The number of nitrogens with one attached hydrogen (secondary N) is 2. The van der Waals surface area contributed by atoms with E-state index in [9.17, 15) is 39.9 Å². The molecular formula is C51H72N2O18. The van der Waals surface area contributed by atoms with Crippen molar-refractivity contribution in [1.82, 2.24) is 10.6 Å². The molecule has 0 bridgehead atoms. The summed E-state index contributed by atoms with van der Waals surface area (Å²) >= 11 is 0. The Morgan fingerprint density at radius 3 is 2.13 bits per heavy atom. The van der Waals surface area contributed by atoms with Crippen LogP contribution in [0.2, 0.25) is 0 Å². The van der Waals surface area contributed by atoms with Crippen molar-refractivity contribution >= 4 is 18.0 Å². The summed E-state index contributed by atoms with van der Waals surface area (Å²) in [7, 11) is 0. The average Bonchev–Trinajstić information content (AvgIpc) is 4.17. The average molecular weight is 1000 g/mol. The molecule has 10 rings (SSSR count). The smallest absolute Gasteiger partial charge is 0.407 e. The van der Waals surface area contributed by atoms with Crippen LogP contribution in [0.4, 0.5) is 9.59 Å². The lowest BCUT2D eigenvalue weighted by Gasteiger charge is -2.60. The standard InChI is InChI=1S/C51H72N2O18/c1-25-11-14-51(65-23-25)26(2)37-34(71-51)18-32-31-10-9-27-17-28(12-13-49(27,3)38(31)33(55)19-50(32,37)4)66-45-41(58)39(56)43(35(22-54)67-45)69-46-42(59)40(57)44(70-48(61)53-21-30-8-6-16-63-30)36(68-46)24-64-47(60)52-20-29-7-5-15-62-29/h5-8,15-16,25-28,31-32,34-46,54,56-59H,9-14,17-24H2,1-4H3,(H,52,60)(H,53,61)/t25-,26+,27+,28+,31+,32+,34+,35-,36-,37+,38-,39-,40-,41-,42-,43-,44-,45-,46+,49+,50+,51-/m1/s1. The van der Waals surface area contributed by atoms with Crippen molar-refractivity contribution in [3.63, 3.8) is 0 Å². The Morgan fingerprint density at radius 1 is 0.789 bits per heavy atom. The largest absolute Gasteiger partial charge is 0.467 e. The minimum Gasteiger partial charge on any atom is -0.467 e. The van der Waals surface area contributed by atoms with E-state index in [1.165, 1.54) is 12.5 Å². The minimum atomic E-state index is -1.92. The first kappa shape index (κ1) is 50.8. The second kappa shape index (κ2) is 20.2.